The Hall–Kier alpha value is -1.35. The van der Waals surface area contributed by atoms with Crippen LogP contribution in [0.5, 0.6) is 0 Å². The highest BCUT2D eigenvalue weighted by atomic mass is 16.3. The van der Waals surface area contributed by atoms with Gasteiger partial charge in [-0.15, -0.1) is 0 Å². The second-order valence-corrected chi connectivity index (χ2v) is 4.17. The summed E-state index contributed by atoms with van der Waals surface area (Å²) in [6.45, 7) is 1.40. The number of amidine groups is 1. The Kier molecular flexibility index (Phi) is 1.83. The molecule has 1 N–H and O–H groups in total. The van der Waals surface area contributed by atoms with Gasteiger partial charge in [-0.3, -0.25) is 4.99 Å². The summed E-state index contributed by atoms with van der Waals surface area (Å²) < 4.78 is 0. The van der Waals surface area contributed by atoms with Gasteiger partial charge in [0.25, 0.3) is 0 Å². The largest absolute Gasteiger partial charge is 0.365 e. The fourth-order valence-electron chi connectivity index (χ4n) is 2.46. The van der Waals surface area contributed by atoms with Gasteiger partial charge in [0.1, 0.15) is 5.84 Å². The molecule has 1 aromatic carbocycles. The van der Waals surface area contributed by atoms with Crippen LogP contribution in [0.2, 0.25) is 0 Å². The lowest BCUT2D eigenvalue weighted by molar-refractivity contribution is -0.0511. The van der Waals surface area contributed by atoms with Crippen molar-refractivity contribution in [3.05, 3.63) is 35.9 Å². The first-order valence-electron chi connectivity index (χ1n) is 5.39. The van der Waals surface area contributed by atoms with E-state index in [1.807, 2.05) is 35.2 Å². The van der Waals surface area contributed by atoms with Gasteiger partial charge in [-0.1, -0.05) is 30.3 Å². The zero-order valence-electron chi connectivity index (χ0n) is 8.56. The average molecular weight is 202 g/mol. The zero-order chi connectivity index (χ0) is 10.3. The predicted molar refractivity (Wildman–Crippen MR) is 58.6 cm³/mol. The summed E-state index contributed by atoms with van der Waals surface area (Å²) in [5, 5.41) is 10.6. The number of nitrogens with zero attached hydrogens (tertiary/aromatic N) is 2. The number of hydrogen-bond donors (Lipinski definition) is 1. The van der Waals surface area contributed by atoms with Gasteiger partial charge in [-0.25, -0.2) is 0 Å². The van der Waals surface area contributed by atoms with Crippen molar-refractivity contribution < 1.29 is 5.11 Å². The standard InChI is InChI=1S/C12H14N2O/c15-12(10-5-2-1-3-6-10)9-13-11-7-4-8-14(11)12/h1-3,5-6,15H,4,7-9H2/t12-/m0/s1. The quantitative estimate of drug-likeness (QED) is 0.746. The molecule has 2 aliphatic heterocycles. The molecule has 3 rings (SSSR count). The molecule has 0 radical (unpaired) electrons. The third-order valence-corrected chi connectivity index (χ3v) is 3.26. The zero-order valence-corrected chi connectivity index (χ0v) is 8.56. The molecule has 1 fully saturated rings. The van der Waals surface area contributed by atoms with Crippen LogP contribution in [-0.4, -0.2) is 28.9 Å². The maximum Gasteiger partial charge on any atom is 0.185 e. The van der Waals surface area contributed by atoms with Crippen LogP contribution in [-0.2, 0) is 5.72 Å². The van der Waals surface area contributed by atoms with Crippen LogP contribution in [0.25, 0.3) is 0 Å². The minimum absolute atomic E-state index is 0.479. The summed E-state index contributed by atoms with van der Waals surface area (Å²) in [5.74, 6) is 1.07. The van der Waals surface area contributed by atoms with Gasteiger partial charge in [0.2, 0.25) is 0 Å². The number of aliphatic hydroxyl groups is 1. The Morgan fingerprint density at radius 2 is 2.07 bits per heavy atom. The highest BCUT2D eigenvalue weighted by molar-refractivity contribution is 5.86. The van der Waals surface area contributed by atoms with Crippen LogP contribution in [0, 0.1) is 0 Å². The molecule has 1 aromatic rings. The Bertz CT molecular complexity index is 401. The van der Waals surface area contributed by atoms with E-state index in [1.54, 1.807) is 0 Å². The van der Waals surface area contributed by atoms with Crippen molar-refractivity contribution in [1.82, 2.24) is 4.90 Å². The topological polar surface area (TPSA) is 35.8 Å². The highest BCUT2D eigenvalue weighted by Crippen LogP contribution is 2.35. The third kappa shape index (κ3) is 1.20. The van der Waals surface area contributed by atoms with Crippen LogP contribution >= 0.6 is 0 Å². The summed E-state index contributed by atoms with van der Waals surface area (Å²) in [4.78, 5) is 6.46. The number of rotatable bonds is 1. The maximum atomic E-state index is 10.6. The van der Waals surface area contributed by atoms with Crippen molar-refractivity contribution >= 4 is 5.84 Å². The van der Waals surface area contributed by atoms with E-state index >= 15 is 0 Å². The van der Waals surface area contributed by atoms with Crippen molar-refractivity contribution in [3.8, 4) is 0 Å². The SMILES string of the molecule is O[C@]1(c2ccccc2)CN=C2CCCN21. The molecule has 0 aromatic heterocycles. The van der Waals surface area contributed by atoms with Gasteiger partial charge in [-0.05, 0) is 6.42 Å². The molecular weight excluding hydrogens is 188 g/mol. The molecule has 78 valence electrons. The van der Waals surface area contributed by atoms with Crippen molar-refractivity contribution in [2.75, 3.05) is 13.1 Å². The molecule has 3 heteroatoms. The molecule has 0 amide bonds. The summed E-state index contributed by atoms with van der Waals surface area (Å²) in [6, 6.07) is 9.82. The minimum atomic E-state index is -0.882. The second-order valence-electron chi connectivity index (χ2n) is 4.17. The first kappa shape index (κ1) is 8.92. The molecule has 2 aliphatic rings. The van der Waals surface area contributed by atoms with Gasteiger partial charge >= 0.3 is 0 Å². The monoisotopic (exact) mass is 202 g/mol. The third-order valence-electron chi connectivity index (χ3n) is 3.26. The van der Waals surface area contributed by atoms with E-state index in [0.717, 1.165) is 30.8 Å². The van der Waals surface area contributed by atoms with E-state index < -0.39 is 5.72 Å². The second kappa shape index (κ2) is 3.07. The van der Waals surface area contributed by atoms with E-state index in [0.29, 0.717) is 6.54 Å². The smallest absolute Gasteiger partial charge is 0.185 e. The Labute approximate surface area is 89.1 Å². The summed E-state index contributed by atoms with van der Waals surface area (Å²) in [7, 11) is 0. The van der Waals surface area contributed by atoms with Crippen LogP contribution in [0.1, 0.15) is 18.4 Å². The van der Waals surface area contributed by atoms with Gasteiger partial charge in [0, 0.05) is 18.5 Å². The highest BCUT2D eigenvalue weighted by Gasteiger charge is 2.44. The van der Waals surface area contributed by atoms with Crippen molar-refractivity contribution in [1.29, 1.82) is 0 Å². The number of hydrogen-bond acceptors (Lipinski definition) is 3. The minimum Gasteiger partial charge on any atom is -0.365 e. The molecule has 15 heavy (non-hydrogen) atoms. The molecule has 1 atom stereocenters. The van der Waals surface area contributed by atoms with Crippen molar-refractivity contribution in [2.45, 2.75) is 18.6 Å². The molecule has 2 heterocycles. The fourth-order valence-corrected chi connectivity index (χ4v) is 2.46. The maximum absolute atomic E-state index is 10.6. The molecule has 0 spiro atoms. The molecule has 0 unspecified atom stereocenters. The lowest BCUT2D eigenvalue weighted by atomic mass is 10.0. The van der Waals surface area contributed by atoms with Crippen molar-refractivity contribution in [3.63, 3.8) is 0 Å². The fraction of sp³-hybridized carbons (Fsp3) is 0.417. The van der Waals surface area contributed by atoms with Crippen LogP contribution < -0.4 is 0 Å². The van der Waals surface area contributed by atoms with Gasteiger partial charge in [0.15, 0.2) is 5.72 Å². The van der Waals surface area contributed by atoms with E-state index in [2.05, 4.69) is 4.99 Å². The van der Waals surface area contributed by atoms with E-state index in [4.69, 9.17) is 0 Å². The average Bonchev–Trinajstić information content (AvgIpc) is 2.85. The first-order valence-corrected chi connectivity index (χ1v) is 5.39. The van der Waals surface area contributed by atoms with E-state index in [1.165, 1.54) is 0 Å². The van der Waals surface area contributed by atoms with Crippen LogP contribution in [0.3, 0.4) is 0 Å². The number of fused-ring (bicyclic) bond motifs is 1. The molecular formula is C12H14N2O. The van der Waals surface area contributed by atoms with Gasteiger partial charge < -0.3 is 10.0 Å². The van der Waals surface area contributed by atoms with E-state index in [-0.39, 0.29) is 0 Å². The summed E-state index contributed by atoms with van der Waals surface area (Å²) in [5.41, 5.74) is 0.0678. The molecule has 1 saturated heterocycles. The van der Waals surface area contributed by atoms with E-state index in [9.17, 15) is 5.11 Å². The summed E-state index contributed by atoms with van der Waals surface area (Å²) in [6.07, 6.45) is 2.11. The first-order chi connectivity index (χ1) is 7.31. The Morgan fingerprint density at radius 1 is 1.27 bits per heavy atom. The lowest BCUT2D eigenvalue weighted by Crippen LogP contribution is -2.44. The van der Waals surface area contributed by atoms with Gasteiger partial charge in [0.05, 0.1) is 6.54 Å². The molecule has 0 bridgehead atoms. The Balaban J connectivity index is 2.00. The number of benzene rings is 1. The van der Waals surface area contributed by atoms with Crippen LogP contribution in [0.15, 0.2) is 35.3 Å². The molecule has 0 saturated carbocycles. The lowest BCUT2D eigenvalue weighted by Gasteiger charge is -2.32. The van der Waals surface area contributed by atoms with Gasteiger partial charge in [-0.2, -0.15) is 0 Å². The molecule has 3 nitrogen and oxygen atoms in total. The predicted octanol–water partition coefficient (Wildman–Crippen LogP) is 1.34. The Morgan fingerprint density at radius 3 is 2.87 bits per heavy atom. The molecule has 0 aliphatic carbocycles. The summed E-state index contributed by atoms with van der Waals surface area (Å²) >= 11 is 0. The normalized spacial score (nSPS) is 29.1. The van der Waals surface area contributed by atoms with Crippen LogP contribution in [0.4, 0.5) is 0 Å². The van der Waals surface area contributed by atoms with Crippen molar-refractivity contribution in [2.24, 2.45) is 4.99 Å². The number of aliphatic imine (C=N–C) groups is 1.